The molecule has 1 amide bonds. The first-order valence-electron chi connectivity index (χ1n) is 6.46. The molecule has 0 saturated carbocycles. The lowest BCUT2D eigenvalue weighted by molar-refractivity contribution is -0.384. The van der Waals surface area contributed by atoms with E-state index in [1.165, 1.54) is 18.2 Å². The number of carbonyl (C=O) groups is 1. The predicted octanol–water partition coefficient (Wildman–Crippen LogP) is 1.28. The molecule has 116 valence electrons. The molecule has 4 N–H and O–H groups in total. The second-order valence-corrected chi connectivity index (χ2v) is 4.88. The van der Waals surface area contributed by atoms with Crippen LogP contribution in [0.15, 0.2) is 18.2 Å². The zero-order chi connectivity index (χ0) is 16.0. The highest BCUT2D eigenvalue weighted by atomic mass is 16.6. The van der Waals surface area contributed by atoms with Crippen molar-refractivity contribution in [3.8, 4) is 0 Å². The molecule has 0 heterocycles. The van der Waals surface area contributed by atoms with Crippen LogP contribution in [-0.4, -0.2) is 30.6 Å². The first kappa shape index (κ1) is 16.9. The van der Waals surface area contributed by atoms with Gasteiger partial charge in [0, 0.05) is 13.2 Å². The average molecular weight is 296 g/mol. The van der Waals surface area contributed by atoms with Gasteiger partial charge in [0.15, 0.2) is 0 Å². The van der Waals surface area contributed by atoms with Crippen LogP contribution in [0.1, 0.15) is 24.2 Å². The molecule has 1 aromatic carbocycles. The Morgan fingerprint density at radius 1 is 1.48 bits per heavy atom. The summed E-state index contributed by atoms with van der Waals surface area (Å²) in [5, 5.41) is 13.7. The lowest BCUT2D eigenvalue weighted by Gasteiger charge is -2.22. The van der Waals surface area contributed by atoms with Gasteiger partial charge in [-0.1, -0.05) is 19.9 Å². The van der Waals surface area contributed by atoms with Gasteiger partial charge >= 0.3 is 0 Å². The minimum absolute atomic E-state index is 0.0140. The van der Waals surface area contributed by atoms with Gasteiger partial charge < -0.3 is 15.5 Å². The van der Waals surface area contributed by atoms with E-state index in [1.807, 2.05) is 13.8 Å². The standard InChI is InChI=1S/C13H20N4O4/c1-8(2)10(7-21-3)15-13(18)9-5-4-6-11(17(19)20)12(9)16-14/h4-6,8,10,16H,7,14H2,1-3H3,(H,15,18). The van der Waals surface area contributed by atoms with Crippen LogP contribution in [-0.2, 0) is 4.74 Å². The van der Waals surface area contributed by atoms with Crippen LogP contribution in [0.2, 0.25) is 0 Å². The summed E-state index contributed by atoms with van der Waals surface area (Å²) < 4.78 is 5.06. The number of carbonyl (C=O) groups excluding carboxylic acids is 1. The molecule has 0 radical (unpaired) electrons. The fraction of sp³-hybridized carbons (Fsp3) is 0.462. The summed E-state index contributed by atoms with van der Waals surface area (Å²) in [6.45, 7) is 4.24. The number of para-hydroxylation sites is 1. The number of anilines is 1. The van der Waals surface area contributed by atoms with Crippen molar-refractivity contribution in [3.63, 3.8) is 0 Å². The molecular formula is C13H20N4O4. The molecule has 21 heavy (non-hydrogen) atoms. The molecular weight excluding hydrogens is 276 g/mol. The number of nitro benzene ring substituents is 1. The van der Waals surface area contributed by atoms with Gasteiger partial charge in [-0.05, 0) is 12.0 Å². The first-order valence-corrected chi connectivity index (χ1v) is 6.46. The van der Waals surface area contributed by atoms with E-state index < -0.39 is 10.8 Å². The molecule has 1 atom stereocenters. The molecule has 0 aliphatic carbocycles. The van der Waals surface area contributed by atoms with Crippen molar-refractivity contribution in [1.29, 1.82) is 0 Å². The molecule has 0 fully saturated rings. The Bertz CT molecular complexity index is 519. The van der Waals surface area contributed by atoms with Crippen molar-refractivity contribution < 1.29 is 14.5 Å². The van der Waals surface area contributed by atoms with Crippen LogP contribution in [0.4, 0.5) is 11.4 Å². The van der Waals surface area contributed by atoms with Gasteiger partial charge in [-0.15, -0.1) is 0 Å². The molecule has 0 aromatic heterocycles. The fourth-order valence-electron chi connectivity index (χ4n) is 1.86. The number of hydrogen-bond donors (Lipinski definition) is 3. The van der Waals surface area contributed by atoms with Gasteiger partial charge in [-0.2, -0.15) is 0 Å². The lowest BCUT2D eigenvalue weighted by Crippen LogP contribution is -2.42. The van der Waals surface area contributed by atoms with Crippen LogP contribution in [0.25, 0.3) is 0 Å². The summed E-state index contributed by atoms with van der Waals surface area (Å²) in [6, 6.07) is 3.99. The van der Waals surface area contributed by atoms with Crippen molar-refractivity contribution in [2.24, 2.45) is 11.8 Å². The van der Waals surface area contributed by atoms with Gasteiger partial charge in [-0.25, -0.2) is 0 Å². The first-order chi connectivity index (χ1) is 9.92. The molecule has 1 aromatic rings. The highest BCUT2D eigenvalue weighted by molar-refractivity contribution is 6.01. The van der Waals surface area contributed by atoms with Gasteiger partial charge in [0.2, 0.25) is 0 Å². The minimum Gasteiger partial charge on any atom is -0.383 e. The number of nitrogens with zero attached hydrogens (tertiary/aromatic N) is 1. The number of nitrogens with one attached hydrogen (secondary N) is 2. The van der Waals surface area contributed by atoms with Crippen molar-refractivity contribution in [3.05, 3.63) is 33.9 Å². The van der Waals surface area contributed by atoms with E-state index in [-0.39, 0.29) is 28.9 Å². The van der Waals surface area contributed by atoms with Crippen molar-refractivity contribution in [1.82, 2.24) is 5.32 Å². The Kier molecular flexibility index (Phi) is 6.07. The van der Waals surface area contributed by atoms with Gasteiger partial charge in [0.1, 0.15) is 5.69 Å². The highest BCUT2D eigenvalue weighted by Crippen LogP contribution is 2.27. The van der Waals surface area contributed by atoms with Crippen LogP contribution < -0.4 is 16.6 Å². The number of ether oxygens (including phenoxy) is 1. The SMILES string of the molecule is COCC(NC(=O)c1cccc([N+](=O)[O-])c1NN)C(C)C. The Hall–Kier alpha value is -2.19. The minimum atomic E-state index is -0.596. The van der Waals surface area contributed by atoms with E-state index in [4.69, 9.17) is 10.6 Å². The molecule has 1 rings (SSSR count). The number of rotatable bonds is 7. The maximum absolute atomic E-state index is 12.3. The Labute approximate surface area is 122 Å². The molecule has 8 nitrogen and oxygen atoms in total. The number of methoxy groups -OCH3 is 1. The Morgan fingerprint density at radius 2 is 2.14 bits per heavy atom. The Morgan fingerprint density at radius 3 is 2.62 bits per heavy atom. The van der Waals surface area contributed by atoms with Gasteiger partial charge in [-0.3, -0.25) is 20.8 Å². The van der Waals surface area contributed by atoms with E-state index in [9.17, 15) is 14.9 Å². The van der Waals surface area contributed by atoms with Crippen molar-refractivity contribution >= 4 is 17.3 Å². The number of nitrogen functional groups attached to an aromatic ring is 1. The number of hydrogen-bond acceptors (Lipinski definition) is 6. The van der Waals surface area contributed by atoms with Crippen molar-refractivity contribution in [2.75, 3.05) is 19.1 Å². The van der Waals surface area contributed by atoms with Crippen LogP contribution in [0.3, 0.4) is 0 Å². The number of nitrogens with two attached hydrogens (primary N) is 1. The maximum Gasteiger partial charge on any atom is 0.294 e. The van der Waals surface area contributed by atoms with Crippen molar-refractivity contribution in [2.45, 2.75) is 19.9 Å². The molecule has 0 aliphatic heterocycles. The largest absolute Gasteiger partial charge is 0.383 e. The molecule has 1 unspecified atom stereocenters. The predicted molar refractivity (Wildman–Crippen MR) is 78.9 cm³/mol. The monoisotopic (exact) mass is 296 g/mol. The van der Waals surface area contributed by atoms with Gasteiger partial charge in [0.25, 0.3) is 11.6 Å². The van der Waals surface area contributed by atoms with E-state index in [2.05, 4.69) is 10.7 Å². The zero-order valence-electron chi connectivity index (χ0n) is 12.3. The summed E-state index contributed by atoms with van der Waals surface area (Å²) >= 11 is 0. The fourth-order valence-corrected chi connectivity index (χ4v) is 1.86. The second-order valence-electron chi connectivity index (χ2n) is 4.88. The third kappa shape index (κ3) is 4.14. The zero-order valence-corrected chi connectivity index (χ0v) is 12.3. The number of amides is 1. The number of nitro groups is 1. The van der Waals surface area contributed by atoms with E-state index in [0.29, 0.717) is 6.61 Å². The maximum atomic E-state index is 12.3. The third-order valence-corrected chi connectivity index (χ3v) is 3.10. The molecule has 0 spiro atoms. The summed E-state index contributed by atoms with van der Waals surface area (Å²) in [5.41, 5.74) is 2.08. The summed E-state index contributed by atoms with van der Waals surface area (Å²) in [7, 11) is 1.54. The van der Waals surface area contributed by atoms with Crippen LogP contribution >= 0.6 is 0 Å². The average Bonchev–Trinajstić information content (AvgIpc) is 2.45. The number of hydrazine groups is 1. The molecule has 0 bridgehead atoms. The second kappa shape index (κ2) is 7.55. The van der Waals surface area contributed by atoms with E-state index in [0.717, 1.165) is 0 Å². The third-order valence-electron chi connectivity index (χ3n) is 3.10. The topological polar surface area (TPSA) is 120 Å². The van der Waals surface area contributed by atoms with Crippen LogP contribution in [0, 0.1) is 16.0 Å². The number of benzene rings is 1. The summed E-state index contributed by atoms with van der Waals surface area (Å²) in [6.07, 6.45) is 0. The molecule has 0 saturated heterocycles. The quantitative estimate of drug-likeness (QED) is 0.396. The normalized spacial score (nSPS) is 12.0. The highest BCUT2D eigenvalue weighted by Gasteiger charge is 2.23. The molecule has 0 aliphatic rings. The smallest absolute Gasteiger partial charge is 0.294 e. The van der Waals surface area contributed by atoms with Crippen LogP contribution in [0.5, 0.6) is 0 Å². The molecule has 8 heteroatoms. The summed E-state index contributed by atoms with van der Waals surface area (Å²) in [4.78, 5) is 22.7. The summed E-state index contributed by atoms with van der Waals surface area (Å²) in [5.74, 6) is 5.03. The Balaban J connectivity index is 3.07. The van der Waals surface area contributed by atoms with E-state index >= 15 is 0 Å². The lowest BCUT2D eigenvalue weighted by atomic mass is 10.0. The van der Waals surface area contributed by atoms with Gasteiger partial charge in [0.05, 0.1) is 23.1 Å². The van der Waals surface area contributed by atoms with E-state index in [1.54, 1.807) is 7.11 Å².